The van der Waals surface area contributed by atoms with E-state index in [4.69, 9.17) is 0 Å². The molecule has 0 N–H and O–H groups in total. The molecule has 0 heterocycles. The van der Waals surface area contributed by atoms with Crippen molar-refractivity contribution in [1.29, 1.82) is 0 Å². The summed E-state index contributed by atoms with van der Waals surface area (Å²) in [5.41, 5.74) is 0. The van der Waals surface area contributed by atoms with Crippen molar-refractivity contribution in [2.75, 3.05) is 0 Å². The maximum atomic E-state index is 10.4. The van der Waals surface area contributed by atoms with Crippen LogP contribution in [-0.4, -0.2) is 6.10 Å². The maximum absolute atomic E-state index is 10.4. The third-order valence-electron chi connectivity index (χ3n) is 1.21. The predicted octanol–water partition coefficient (Wildman–Crippen LogP) is -1.68. The molecule has 0 spiro atoms. The molecule has 0 aromatic heterocycles. The van der Waals surface area contributed by atoms with Crippen LogP contribution in [0.1, 0.15) is 39.5 Å². The molecule has 50 valence electrons. The van der Waals surface area contributed by atoms with Crippen LogP contribution in [0, 0.1) is 0 Å². The first kappa shape index (κ1) is 12.6. The molecule has 0 saturated carbocycles. The fourth-order valence-electron chi connectivity index (χ4n) is 0.682. The Bertz CT molecular complexity index is 46.2. The first-order valence-corrected chi connectivity index (χ1v) is 3.43. The molecule has 0 rings (SSSR count). The summed E-state index contributed by atoms with van der Waals surface area (Å²) in [5, 5.41) is 10.4. The van der Waals surface area contributed by atoms with Gasteiger partial charge in [-0.3, -0.25) is 0 Å². The molecule has 0 fully saturated rings. The van der Waals surface area contributed by atoms with Gasteiger partial charge in [0.05, 0.1) is 0 Å². The molecule has 1 atom stereocenters. The first-order chi connectivity index (χ1) is 3.77. The molecule has 0 aromatic rings. The van der Waals surface area contributed by atoms with Gasteiger partial charge in [-0.25, -0.2) is 0 Å². The minimum Gasteiger partial charge on any atom is -0.852 e. The van der Waals surface area contributed by atoms with Crippen LogP contribution < -0.4 is 34.7 Å². The molecule has 0 bridgehead atoms. The molecule has 0 aliphatic carbocycles. The zero-order valence-electron chi connectivity index (χ0n) is 6.81. The van der Waals surface area contributed by atoms with Crippen molar-refractivity contribution in [3.63, 3.8) is 0 Å². The van der Waals surface area contributed by atoms with Gasteiger partial charge in [-0.2, -0.15) is 0 Å². The minimum atomic E-state index is -0.346. The summed E-state index contributed by atoms with van der Waals surface area (Å²) in [5.74, 6) is 0. The Morgan fingerprint density at radius 2 is 1.89 bits per heavy atom. The Labute approximate surface area is 80.1 Å². The van der Waals surface area contributed by atoms with Crippen LogP contribution in [0.3, 0.4) is 0 Å². The van der Waals surface area contributed by atoms with E-state index in [0.717, 1.165) is 12.8 Å². The summed E-state index contributed by atoms with van der Waals surface area (Å²) in [7, 11) is 0. The Balaban J connectivity index is 0. The second kappa shape index (κ2) is 8.96. The van der Waals surface area contributed by atoms with Gasteiger partial charge in [0.1, 0.15) is 0 Å². The summed E-state index contributed by atoms with van der Waals surface area (Å²) < 4.78 is 0. The van der Waals surface area contributed by atoms with E-state index in [1.165, 1.54) is 12.8 Å². The molecule has 0 aliphatic rings. The SMILES string of the molecule is CCCCCC(C)[O-].[Na+]. The van der Waals surface area contributed by atoms with Crippen molar-refractivity contribution in [3.05, 3.63) is 0 Å². The fraction of sp³-hybridized carbons (Fsp3) is 1.00. The van der Waals surface area contributed by atoms with Crippen LogP contribution in [0.2, 0.25) is 0 Å². The molecule has 0 saturated heterocycles. The summed E-state index contributed by atoms with van der Waals surface area (Å²) in [4.78, 5) is 0. The van der Waals surface area contributed by atoms with Gasteiger partial charge in [0, 0.05) is 0 Å². The topological polar surface area (TPSA) is 23.1 Å². The molecule has 1 nitrogen and oxygen atoms in total. The molecular formula is C7H15NaO. The quantitative estimate of drug-likeness (QED) is 0.336. The van der Waals surface area contributed by atoms with Crippen molar-refractivity contribution < 1.29 is 34.7 Å². The van der Waals surface area contributed by atoms with E-state index in [2.05, 4.69) is 6.92 Å². The minimum absolute atomic E-state index is 0. The maximum Gasteiger partial charge on any atom is 1.00 e. The molecule has 0 amide bonds. The monoisotopic (exact) mass is 138 g/mol. The first-order valence-electron chi connectivity index (χ1n) is 3.43. The van der Waals surface area contributed by atoms with Gasteiger partial charge in [-0.1, -0.05) is 39.5 Å². The van der Waals surface area contributed by atoms with Gasteiger partial charge >= 0.3 is 29.6 Å². The standard InChI is InChI=1S/C7H15O.Na/c1-3-4-5-6-7(2)8;/h7H,3-6H2,1-2H3;/q-1;+1. The van der Waals surface area contributed by atoms with Gasteiger partial charge in [-0.05, 0) is 0 Å². The fourth-order valence-corrected chi connectivity index (χ4v) is 0.682. The third-order valence-corrected chi connectivity index (χ3v) is 1.21. The van der Waals surface area contributed by atoms with E-state index in [-0.39, 0.29) is 35.7 Å². The number of unbranched alkanes of at least 4 members (excludes halogenated alkanes) is 2. The smallest absolute Gasteiger partial charge is 0.852 e. The van der Waals surface area contributed by atoms with Crippen LogP contribution in [0.15, 0.2) is 0 Å². The van der Waals surface area contributed by atoms with Crippen molar-refractivity contribution in [3.8, 4) is 0 Å². The summed E-state index contributed by atoms with van der Waals surface area (Å²) in [6.07, 6.45) is 4.05. The van der Waals surface area contributed by atoms with Crippen LogP contribution in [-0.2, 0) is 0 Å². The van der Waals surface area contributed by atoms with Crippen molar-refractivity contribution in [1.82, 2.24) is 0 Å². The van der Waals surface area contributed by atoms with E-state index >= 15 is 0 Å². The zero-order valence-corrected chi connectivity index (χ0v) is 8.81. The molecule has 0 aliphatic heterocycles. The Morgan fingerprint density at radius 1 is 1.33 bits per heavy atom. The number of rotatable bonds is 4. The van der Waals surface area contributed by atoms with Crippen LogP contribution >= 0.6 is 0 Å². The number of hydrogen-bond donors (Lipinski definition) is 0. The second-order valence-electron chi connectivity index (χ2n) is 2.31. The molecule has 9 heavy (non-hydrogen) atoms. The molecule has 2 heteroatoms. The van der Waals surface area contributed by atoms with Gasteiger partial charge < -0.3 is 5.11 Å². The van der Waals surface area contributed by atoms with Crippen LogP contribution in [0.25, 0.3) is 0 Å². The predicted molar refractivity (Wildman–Crippen MR) is 33.6 cm³/mol. The van der Waals surface area contributed by atoms with E-state index in [0.29, 0.717) is 0 Å². The van der Waals surface area contributed by atoms with E-state index < -0.39 is 0 Å². The molecule has 0 aromatic carbocycles. The Hall–Kier alpha value is 0.960. The van der Waals surface area contributed by atoms with Crippen LogP contribution in [0.5, 0.6) is 0 Å². The Morgan fingerprint density at radius 3 is 2.22 bits per heavy atom. The van der Waals surface area contributed by atoms with Gasteiger partial charge in [0.15, 0.2) is 0 Å². The molecular weight excluding hydrogens is 123 g/mol. The molecule has 0 radical (unpaired) electrons. The average Bonchev–Trinajstić information content (AvgIpc) is 1.66. The summed E-state index contributed by atoms with van der Waals surface area (Å²) in [6, 6.07) is 0. The summed E-state index contributed by atoms with van der Waals surface area (Å²) in [6.45, 7) is 3.88. The second-order valence-corrected chi connectivity index (χ2v) is 2.31. The Kier molecular flexibility index (Phi) is 12.6. The largest absolute Gasteiger partial charge is 1.00 e. The van der Waals surface area contributed by atoms with Gasteiger partial charge in [0.2, 0.25) is 0 Å². The molecule has 1 unspecified atom stereocenters. The van der Waals surface area contributed by atoms with Crippen molar-refractivity contribution in [2.45, 2.75) is 45.6 Å². The van der Waals surface area contributed by atoms with Crippen LogP contribution in [0.4, 0.5) is 0 Å². The normalized spacial score (nSPS) is 12.3. The van der Waals surface area contributed by atoms with E-state index in [9.17, 15) is 5.11 Å². The number of hydrogen-bond acceptors (Lipinski definition) is 1. The van der Waals surface area contributed by atoms with Gasteiger partial charge in [-0.15, -0.1) is 6.10 Å². The van der Waals surface area contributed by atoms with Crippen molar-refractivity contribution in [2.24, 2.45) is 0 Å². The third kappa shape index (κ3) is 12.2. The zero-order chi connectivity index (χ0) is 6.41. The summed E-state index contributed by atoms with van der Waals surface area (Å²) >= 11 is 0. The van der Waals surface area contributed by atoms with Crippen molar-refractivity contribution >= 4 is 0 Å². The van der Waals surface area contributed by atoms with E-state index in [1.807, 2.05) is 0 Å². The van der Waals surface area contributed by atoms with E-state index in [1.54, 1.807) is 6.92 Å². The van der Waals surface area contributed by atoms with Gasteiger partial charge in [0.25, 0.3) is 0 Å². The average molecular weight is 138 g/mol.